The van der Waals surface area contributed by atoms with Gasteiger partial charge in [-0.2, -0.15) is 0 Å². The molecule has 0 spiro atoms. The fourth-order valence-electron chi connectivity index (χ4n) is 2.59. The Morgan fingerprint density at radius 1 is 1.33 bits per heavy atom. The van der Waals surface area contributed by atoms with Crippen LogP contribution in [0.5, 0.6) is 0 Å². The van der Waals surface area contributed by atoms with Gasteiger partial charge in [0.2, 0.25) is 0 Å². The van der Waals surface area contributed by atoms with Crippen molar-refractivity contribution < 1.29 is 18.4 Å². The Hall–Kier alpha value is -1.98. The van der Waals surface area contributed by atoms with Gasteiger partial charge in [-0.1, -0.05) is 6.92 Å². The van der Waals surface area contributed by atoms with Gasteiger partial charge in [0.1, 0.15) is 11.6 Å². The van der Waals surface area contributed by atoms with Crippen molar-refractivity contribution in [1.82, 2.24) is 4.90 Å². The van der Waals surface area contributed by atoms with Gasteiger partial charge >= 0.3 is 11.8 Å². The van der Waals surface area contributed by atoms with E-state index in [9.17, 15) is 18.4 Å². The van der Waals surface area contributed by atoms with E-state index in [1.54, 1.807) is 4.90 Å². The summed E-state index contributed by atoms with van der Waals surface area (Å²) in [6, 6.07) is 2.84. The van der Waals surface area contributed by atoms with Crippen molar-refractivity contribution in [2.45, 2.75) is 38.6 Å². The van der Waals surface area contributed by atoms with Gasteiger partial charge < -0.3 is 10.2 Å². The number of hydrogen-bond acceptors (Lipinski definition) is 2. The van der Waals surface area contributed by atoms with E-state index in [4.69, 9.17) is 0 Å². The summed E-state index contributed by atoms with van der Waals surface area (Å²) in [5.74, 6) is -3.19. The SMILES string of the molecule is CCC1CCCCN1C(=O)C(=O)Nc1ccc(F)cc1F. The Labute approximate surface area is 122 Å². The van der Waals surface area contributed by atoms with Crippen molar-refractivity contribution >= 4 is 17.5 Å². The summed E-state index contributed by atoms with van der Waals surface area (Å²) in [4.78, 5) is 25.7. The predicted octanol–water partition coefficient (Wildman–Crippen LogP) is 2.69. The molecule has 1 unspecified atom stereocenters. The van der Waals surface area contributed by atoms with Crippen LogP contribution in [-0.2, 0) is 9.59 Å². The molecule has 2 rings (SSSR count). The molecule has 1 N–H and O–H groups in total. The van der Waals surface area contributed by atoms with Crippen molar-refractivity contribution in [3.63, 3.8) is 0 Å². The minimum atomic E-state index is -0.901. The average molecular weight is 296 g/mol. The van der Waals surface area contributed by atoms with E-state index in [2.05, 4.69) is 5.32 Å². The number of carbonyl (C=O) groups is 2. The highest BCUT2D eigenvalue weighted by molar-refractivity contribution is 6.39. The summed E-state index contributed by atoms with van der Waals surface area (Å²) in [5, 5.41) is 2.21. The Morgan fingerprint density at radius 3 is 2.76 bits per heavy atom. The molecule has 1 heterocycles. The molecular formula is C15H18F2N2O2. The minimum Gasteiger partial charge on any atom is -0.331 e. The molecule has 0 radical (unpaired) electrons. The van der Waals surface area contributed by atoms with E-state index >= 15 is 0 Å². The molecule has 0 bridgehead atoms. The lowest BCUT2D eigenvalue weighted by Gasteiger charge is -2.34. The van der Waals surface area contributed by atoms with Crippen molar-refractivity contribution in [2.75, 3.05) is 11.9 Å². The first-order valence-electron chi connectivity index (χ1n) is 7.10. The van der Waals surface area contributed by atoms with E-state index in [-0.39, 0.29) is 11.7 Å². The van der Waals surface area contributed by atoms with Crippen LogP contribution in [0.4, 0.5) is 14.5 Å². The molecule has 1 fully saturated rings. The molecule has 1 atom stereocenters. The van der Waals surface area contributed by atoms with Crippen molar-refractivity contribution in [2.24, 2.45) is 0 Å². The number of rotatable bonds is 2. The van der Waals surface area contributed by atoms with E-state index in [0.29, 0.717) is 12.6 Å². The van der Waals surface area contributed by atoms with Gasteiger partial charge in [-0.25, -0.2) is 8.78 Å². The number of hydrogen-bond donors (Lipinski definition) is 1. The average Bonchev–Trinajstić information content (AvgIpc) is 2.49. The van der Waals surface area contributed by atoms with E-state index < -0.39 is 23.4 Å². The molecule has 1 saturated heterocycles. The molecule has 4 nitrogen and oxygen atoms in total. The summed E-state index contributed by atoms with van der Waals surface area (Å²) in [6.45, 7) is 2.50. The van der Waals surface area contributed by atoms with Crippen LogP contribution in [-0.4, -0.2) is 29.3 Å². The highest BCUT2D eigenvalue weighted by Crippen LogP contribution is 2.20. The highest BCUT2D eigenvalue weighted by Gasteiger charge is 2.30. The molecule has 1 aliphatic heterocycles. The molecule has 6 heteroatoms. The van der Waals surface area contributed by atoms with Crippen LogP contribution in [0, 0.1) is 11.6 Å². The third-order valence-corrected chi connectivity index (χ3v) is 3.73. The fraction of sp³-hybridized carbons (Fsp3) is 0.467. The number of halogens is 2. The summed E-state index contributed by atoms with van der Waals surface area (Å²) in [5.41, 5.74) is -0.195. The molecule has 1 aliphatic rings. The molecule has 1 aromatic carbocycles. The van der Waals surface area contributed by atoms with Crippen LogP contribution in [0.2, 0.25) is 0 Å². The second-order valence-corrected chi connectivity index (χ2v) is 5.13. The quantitative estimate of drug-likeness (QED) is 0.853. The maximum absolute atomic E-state index is 13.5. The first-order chi connectivity index (χ1) is 10.0. The molecule has 21 heavy (non-hydrogen) atoms. The Bertz CT molecular complexity index is 548. The lowest BCUT2D eigenvalue weighted by Crippen LogP contribution is -2.48. The van der Waals surface area contributed by atoms with Gasteiger partial charge in [-0.05, 0) is 37.8 Å². The van der Waals surface area contributed by atoms with Crippen LogP contribution >= 0.6 is 0 Å². The van der Waals surface area contributed by atoms with Crippen LogP contribution in [0.15, 0.2) is 18.2 Å². The van der Waals surface area contributed by atoms with Gasteiger partial charge in [-0.15, -0.1) is 0 Å². The summed E-state index contributed by atoms with van der Waals surface area (Å²) >= 11 is 0. The van der Waals surface area contributed by atoms with E-state index in [1.807, 2.05) is 6.92 Å². The van der Waals surface area contributed by atoms with Crippen LogP contribution in [0.25, 0.3) is 0 Å². The fourth-order valence-corrected chi connectivity index (χ4v) is 2.59. The summed E-state index contributed by atoms with van der Waals surface area (Å²) < 4.78 is 26.3. The smallest absolute Gasteiger partial charge is 0.313 e. The van der Waals surface area contributed by atoms with Crippen molar-refractivity contribution in [3.05, 3.63) is 29.8 Å². The minimum absolute atomic E-state index is 0.0510. The third-order valence-electron chi connectivity index (χ3n) is 3.73. The molecule has 114 valence electrons. The maximum Gasteiger partial charge on any atom is 0.313 e. The second-order valence-electron chi connectivity index (χ2n) is 5.13. The number of nitrogens with one attached hydrogen (secondary N) is 1. The number of carbonyl (C=O) groups excluding carboxylic acids is 2. The van der Waals surface area contributed by atoms with Gasteiger partial charge in [0.15, 0.2) is 0 Å². The zero-order chi connectivity index (χ0) is 15.4. The lowest BCUT2D eigenvalue weighted by molar-refractivity contribution is -0.145. The molecule has 1 aromatic rings. The van der Waals surface area contributed by atoms with Crippen LogP contribution < -0.4 is 5.32 Å². The van der Waals surface area contributed by atoms with Crippen LogP contribution in [0.3, 0.4) is 0 Å². The largest absolute Gasteiger partial charge is 0.331 e. The number of nitrogens with zero attached hydrogens (tertiary/aromatic N) is 1. The van der Waals surface area contributed by atoms with Gasteiger partial charge in [0, 0.05) is 18.7 Å². The predicted molar refractivity (Wildman–Crippen MR) is 74.6 cm³/mol. The van der Waals surface area contributed by atoms with Crippen molar-refractivity contribution in [1.29, 1.82) is 0 Å². The Balaban J connectivity index is 2.06. The normalized spacial score (nSPS) is 18.4. The topological polar surface area (TPSA) is 49.4 Å². The molecule has 0 aromatic heterocycles. The summed E-state index contributed by atoms with van der Waals surface area (Å²) in [6.07, 6.45) is 3.56. The number of benzene rings is 1. The number of anilines is 1. The van der Waals surface area contributed by atoms with Crippen molar-refractivity contribution in [3.8, 4) is 0 Å². The van der Waals surface area contributed by atoms with E-state index in [0.717, 1.165) is 37.8 Å². The Kier molecular flexibility index (Phi) is 4.88. The maximum atomic E-state index is 13.5. The first kappa shape index (κ1) is 15.4. The van der Waals surface area contributed by atoms with Gasteiger partial charge in [0.25, 0.3) is 0 Å². The van der Waals surface area contributed by atoms with Gasteiger partial charge in [0.05, 0.1) is 5.69 Å². The summed E-state index contributed by atoms with van der Waals surface area (Å²) in [7, 11) is 0. The standard InChI is InChI=1S/C15H18F2N2O2/c1-2-11-5-3-4-8-19(11)15(21)14(20)18-13-7-6-10(16)9-12(13)17/h6-7,9,11H,2-5,8H2,1H3,(H,18,20). The van der Waals surface area contributed by atoms with E-state index in [1.165, 1.54) is 0 Å². The molecule has 0 aliphatic carbocycles. The number of amides is 2. The van der Waals surface area contributed by atoms with Crippen LogP contribution in [0.1, 0.15) is 32.6 Å². The highest BCUT2D eigenvalue weighted by atomic mass is 19.1. The third kappa shape index (κ3) is 3.56. The molecule has 0 saturated carbocycles. The number of piperidine rings is 1. The first-order valence-corrected chi connectivity index (χ1v) is 7.10. The zero-order valence-corrected chi connectivity index (χ0v) is 11.9. The molecule has 2 amide bonds. The second kappa shape index (κ2) is 6.65. The Morgan fingerprint density at radius 2 is 2.10 bits per heavy atom. The zero-order valence-electron chi connectivity index (χ0n) is 11.9. The monoisotopic (exact) mass is 296 g/mol. The lowest BCUT2D eigenvalue weighted by atomic mass is 10.00. The van der Waals surface area contributed by atoms with Gasteiger partial charge in [-0.3, -0.25) is 9.59 Å². The molecular weight excluding hydrogens is 278 g/mol. The number of likely N-dealkylation sites (tertiary alicyclic amines) is 1.